The molecule has 0 atom stereocenters. The van der Waals surface area contributed by atoms with Crippen LogP contribution in [0.5, 0.6) is 11.5 Å². The lowest BCUT2D eigenvalue weighted by molar-refractivity contribution is -0.135. The number of rotatable bonds is 3. The highest BCUT2D eigenvalue weighted by Crippen LogP contribution is 2.36. The predicted molar refractivity (Wildman–Crippen MR) is 76.4 cm³/mol. The molecule has 0 amide bonds. The fourth-order valence-electron chi connectivity index (χ4n) is 2.25. The van der Waals surface area contributed by atoms with Crippen molar-refractivity contribution >= 4 is 17.8 Å². The Bertz CT molecular complexity index is 781. The number of carbonyl (C=O) groups excluding carboxylic acids is 2. The second-order valence-electron chi connectivity index (χ2n) is 5.31. The molecule has 1 fully saturated rings. The Balaban J connectivity index is 1.58. The van der Waals surface area contributed by atoms with Crippen LogP contribution >= 0.6 is 0 Å². The molecule has 5 nitrogen and oxygen atoms in total. The molecule has 1 aromatic heterocycles. The van der Waals surface area contributed by atoms with Gasteiger partial charge in [-0.1, -0.05) is 0 Å². The number of allylic oxidation sites excluding steroid dienone is 1. The Morgan fingerprint density at radius 2 is 2.14 bits per heavy atom. The topological polar surface area (TPSA) is 65.7 Å². The SMILES string of the molecule is O=C1C(=Cc2ccco2)Oc2cc(OC(=O)C3CC3)ccc21. The third kappa shape index (κ3) is 2.30. The van der Waals surface area contributed by atoms with Crippen LogP contribution in [0.2, 0.25) is 0 Å². The van der Waals surface area contributed by atoms with E-state index in [1.165, 1.54) is 12.3 Å². The molecule has 0 N–H and O–H groups in total. The van der Waals surface area contributed by atoms with Crippen LogP contribution in [0, 0.1) is 5.92 Å². The first kappa shape index (κ1) is 12.9. The number of hydrogen-bond donors (Lipinski definition) is 0. The lowest BCUT2D eigenvalue weighted by atomic mass is 10.1. The summed E-state index contributed by atoms with van der Waals surface area (Å²) in [6.45, 7) is 0. The van der Waals surface area contributed by atoms with E-state index in [1.54, 1.807) is 30.3 Å². The summed E-state index contributed by atoms with van der Waals surface area (Å²) >= 11 is 0. The summed E-state index contributed by atoms with van der Waals surface area (Å²) in [6.07, 6.45) is 4.83. The quantitative estimate of drug-likeness (QED) is 0.494. The van der Waals surface area contributed by atoms with E-state index in [9.17, 15) is 9.59 Å². The van der Waals surface area contributed by atoms with E-state index in [0.29, 0.717) is 22.8 Å². The van der Waals surface area contributed by atoms with Gasteiger partial charge in [-0.25, -0.2) is 0 Å². The average Bonchev–Trinajstić information content (AvgIpc) is 3.16. The summed E-state index contributed by atoms with van der Waals surface area (Å²) in [5, 5.41) is 0. The molecule has 1 aliphatic carbocycles. The van der Waals surface area contributed by atoms with Gasteiger partial charge in [0.25, 0.3) is 0 Å². The molecular formula is C17H12O5. The van der Waals surface area contributed by atoms with Crippen LogP contribution in [-0.4, -0.2) is 11.8 Å². The van der Waals surface area contributed by atoms with E-state index < -0.39 is 0 Å². The smallest absolute Gasteiger partial charge is 0.314 e. The number of carbonyl (C=O) groups is 2. The Morgan fingerprint density at radius 1 is 1.27 bits per heavy atom. The molecule has 0 unspecified atom stereocenters. The number of ether oxygens (including phenoxy) is 2. The van der Waals surface area contributed by atoms with Gasteiger partial charge in [-0.15, -0.1) is 0 Å². The molecule has 0 radical (unpaired) electrons. The fraction of sp³-hybridized carbons (Fsp3) is 0.176. The zero-order valence-corrected chi connectivity index (χ0v) is 11.6. The number of esters is 1. The molecule has 2 aliphatic rings. The highest BCUT2D eigenvalue weighted by Gasteiger charge is 2.32. The minimum atomic E-state index is -0.226. The Morgan fingerprint density at radius 3 is 2.86 bits per heavy atom. The van der Waals surface area contributed by atoms with Crippen molar-refractivity contribution in [3.63, 3.8) is 0 Å². The van der Waals surface area contributed by atoms with Crippen molar-refractivity contribution in [1.82, 2.24) is 0 Å². The number of ketones is 1. The van der Waals surface area contributed by atoms with Crippen LogP contribution in [0.4, 0.5) is 0 Å². The lowest BCUT2D eigenvalue weighted by Gasteiger charge is -2.04. The van der Waals surface area contributed by atoms with Gasteiger partial charge in [0.15, 0.2) is 5.76 Å². The summed E-state index contributed by atoms with van der Waals surface area (Å²) in [6, 6.07) is 8.24. The summed E-state index contributed by atoms with van der Waals surface area (Å²) in [5.41, 5.74) is 0.448. The van der Waals surface area contributed by atoms with Crippen LogP contribution < -0.4 is 9.47 Å². The Hall–Kier alpha value is -2.82. The molecule has 1 aliphatic heterocycles. The number of furan rings is 1. The third-order valence-electron chi connectivity index (χ3n) is 3.59. The highest BCUT2D eigenvalue weighted by molar-refractivity contribution is 6.14. The number of Topliss-reactive ketones (excluding diaryl/α,β-unsaturated/α-hetero) is 1. The van der Waals surface area contributed by atoms with Crippen molar-refractivity contribution in [3.05, 3.63) is 53.7 Å². The van der Waals surface area contributed by atoms with Gasteiger partial charge in [0, 0.05) is 12.1 Å². The van der Waals surface area contributed by atoms with E-state index in [4.69, 9.17) is 13.9 Å². The molecule has 2 heterocycles. The van der Waals surface area contributed by atoms with E-state index in [0.717, 1.165) is 12.8 Å². The predicted octanol–water partition coefficient (Wildman–Crippen LogP) is 3.21. The van der Waals surface area contributed by atoms with Crippen molar-refractivity contribution in [2.75, 3.05) is 0 Å². The highest BCUT2D eigenvalue weighted by atomic mass is 16.5. The Kier molecular flexibility index (Phi) is 2.85. The second kappa shape index (κ2) is 4.87. The number of fused-ring (bicyclic) bond motifs is 1. The molecule has 22 heavy (non-hydrogen) atoms. The van der Waals surface area contributed by atoms with Crippen molar-refractivity contribution in [1.29, 1.82) is 0 Å². The monoisotopic (exact) mass is 296 g/mol. The summed E-state index contributed by atoms with van der Waals surface area (Å²) in [7, 11) is 0. The fourth-order valence-corrected chi connectivity index (χ4v) is 2.25. The van der Waals surface area contributed by atoms with Crippen molar-refractivity contribution in [2.24, 2.45) is 5.92 Å². The van der Waals surface area contributed by atoms with Crippen molar-refractivity contribution in [3.8, 4) is 11.5 Å². The van der Waals surface area contributed by atoms with Gasteiger partial charge in [-0.3, -0.25) is 9.59 Å². The molecule has 4 rings (SSSR count). The average molecular weight is 296 g/mol. The van der Waals surface area contributed by atoms with E-state index >= 15 is 0 Å². The molecule has 0 saturated heterocycles. The molecule has 2 aromatic rings. The van der Waals surface area contributed by atoms with Gasteiger partial charge in [-0.05, 0) is 37.1 Å². The van der Waals surface area contributed by atoms with Crippen LogP contribution in [0.1, 0.15) is 29.0 Å². The maximum absolute atomic E-state index is 12.2. The number of hydrogen-bond acceptors (Lipinski definition) is 5. The normalized spacial score (nSPS) is 18.2. The van der Waals surface area contributed by atoms with Gasteiger partial charge in [-0.2, -0.15) is 0 Å². The van der Waals surface area contributed by atoms with Crippen LogP contribution in [0.3, 0.4) is 0 Å². The molecule has 5 heteroatoms. The lowest BCUT2D eigenvalue weighted by Crippen LogP contribution is -2.09. The van der Waals surface area contributed by atoms with Gasteiger partial charge in [0.1, 0.15) is 17.3 Å². The van der Waals surface area contributed by atoms with E-state index in [2.05, 4.69) is 0 Å². The molecule has 0 bridgehead atoms. The standard InChI is InChI=1S/C17H12O5/c18-16-13-6-5-12(21-17(19)10-3-4-10)9-14(13)22-15(16)8-11-2-1-7-20-11/h1-2,5-10H,3-4H2. The molecule has 0 spiro atoms. The molecule has 1 saturated carbocycles. The van der Waals surface area contributed by atoms with Crippen LogP contribution in [-0.2, 0) is 4.79 Å². The molecule has 110 valence electrons. The van der Waals surface area contributed by atoms with E-state index in [1.807, 2.05) is 0 Å². The Labute approximate surface area is 126 Å². The van der Waals surface area contributed by atoms with Gasteiger partial charge >= 0.3 is 5.97 Å². The first-order valence-corrected chi connectivity index (χ1v) is 7.04. The largest absolute Gasteiger partial charge is 0.465 e. The summed E-state index contributed by atoms with van der Waals surface area (Å²) in [5.74, 6) is 1.09. The van der Waals surface area contributed by atoms with Gasteiger partial charge in [0.2, 0.25) is 5.78 Å². The summed E-state index contributed by atoms with van der Waals surface area (Å²) in [4.78, 5) is 23.9. The molecular weight excluding hydrogens is 284 g/mol. The first-order valence-electron chi connectivity index (χ1n) is 7.04. The van der Waals surface area contributed by atoms with Crippen LogP contribution in [0.15, 0.2) is 46.8 Å². The zero-order valence-electron chi connectivity index (χ0n) is 11.6. The number of benzene rings is 1. The van der Waals surface area contributed by atoms with Gasteiger partial charge in [0.05, 0.1) is 17.7 Å². The van der Waals surface area contributed by atoms with Crippen molar-refractivity contribution < 1.29 is 23.5 Å². The van der Waals surface area contributed by atoms with E-state index in [-0.39, 0.29) is 23.4 Å². The van der Waals surface area contributed by atoms with Crippen molar-refractivity contribution in [2.45, 2.75) is 12.8 Å². The zero-order chi connectivity index (χ0) is 15.1. The third-order valence-corrected chi connectivity index (χ3v) is 3.59. The maximum atomic E-state index is 12.2. The second-order valence-corrected chi connectivity index (χ2v) is 5.31. The first-order chi connectivity index (χ1) is 10.7. The minimum Gasteiger partial charge on any atom is -0.465 e. The minimum absolute atomic E-state index is 0.0187. The van der Waals surface area contributed by atoms with Gasteiger partial charge < -0.3 is 13.9 Å². The van der Waals surface area contributed by atoms with Crippen LogP contribution in [0.25, 0.3) is 6.08 Å². The molecule has 1 aromatic carbocycles. The maximum Gasteiger partial charge on any atom is 0.314 e. The summed E-state index contributed by atoms with van der Waals surface area (Å²) < 4.78 is 16.0.